The Kier molecular flexibility index (Phi) is 6.74. The minimum Gasteiger partial charge on any atom is -0.464 e. The summed E-state index contributed by atoms with van der Waals surface area (Å²) in [6.07, 6.45) is 0. The second-order valence-corrected chi connectivity index (χ2v) is 7.73. The fourth-order valence-corrected chi connectivity index (χ4v) is 3.35. The highest BCUT2D eigenvalue weighted by atomic mass is 32.2. The summed E-state index contributed by atoms with van der Waals surface area (Å²) >= 11 is 0. The van der Waals surface area contributed by atoms with Crippen molar-refractivity contribution in [1.29, 1.82) is 0 Å². The molecule has 150 valence electrons. The molecule has 2 N–H and O–H groups in total. The van der Waals surface area contributed by atoms with Crippen molar-refractivity contribution in [1.82, 2.24) is 5.32 Å². The maximum atomic E-state index is 13.7. The molecule has 0 aliphatic carbocycles. The minimum absolute atomic E-state index is 0.123. The SMILES string of the molecule is CCOC(=O)C(C)NC(=O)c1cccc(NS(=O)(=O)c2ccc(C)c(F)c2)c1. The number of carbonyl (C=O) groups is 2. The smallest absolute Gasteiger partial charge is 0.328 e. The van der Waals surface area contributed by atoms with E-state index in [-0.39, 0.29) is 22.8 Å². The van der Waals surface area contributed by atoms with Gasteiger partial charge in [0.2, 0.25) is 0 Å². The van der Waals surface area contributed by atoms with E-state index in [4.69, 9.17) is 4.74 Å². The van der Waals surface area contributed by atoms with Gasteiger partial charge in [0.1, 0.15) is 11.9 Å². The second-order valence-electron chi connectivity index (χ2n) is 6.04. The average Bonchev–Trinajstić information content (AvgIpc) is 2.63. The Labute approximate surface area is 163 Å². The van der Waals surface area contributed by atoms with Gasteiger partial charge in [0, 0.05) is 11.3 Å². The zero-order chi connectivity index (χ0) is 20.9. The van der Waals surface area contributed by atoms with E-state index in [0.717, 1.165) is 6.07 Å². The van der Waals surface area contributed by atoms with E-state index in [1.54, 1.807) is 6.92 Å². The molecule has 0 aliphatic rings. The fourth-order valence-electron chi connectivity index (χ4n) is 2.28. The standard InChI is InChI=1S/C19H21FN2O5S/c1-4-27-19(24)13(3)21-18(23)14-6-5-7-15(10-14)22-28(25,26)16-9-8-12(2)17(20)11-16/h5-11,13,22H,4H2,1-3H3,(H,21,23). The number of esters is 1. The molecule has 0 heterocycles. The molecule has 0 aliphatic heterocycles. The first-order valence-corrected chi connectivity index (χ1v) is 9.99. The number of rotatable bonds is 7. The van der Waals surface area contributed by atoms with Gasteiger partial charge < -0.3 is 10.1 Å². The minimum atomic E-state index is -4.03. The van der Waals surface area contributed by atoms with E-state index in [1.807, 2.05) is 0 Å². The Hall–Kier alpha value is -2.94. The molecule has 0 fully saturated rings. The van der Waals surface area contributed by atoms with Crippen LogP contribution < -0.4 is 10.0 Å². The Bertz CT molecular complexity index is 992. The number of benzene rings is 2. The average molecular weight is 408 g/mol. The Morgan fingerprint density at radius 2 is 1.89 bits per heavy atom. The summed E-state index contributed by atoms with van der Waals surface area (Å²) < 4.78 is 45.7. The number of carbonyl (C=O) groups excluding carboxylic acids is 2. The summed E-state index contributed by atoms with van der Waals surface area (Å²) in [5.74, 6) is -1.78. The molecule has 1 atom stereocenters. The topological polar surface area (TPSA) is 102 Å². The van der Waals surface area contributed by atoms with Crippen LogP contribution in [0, 0.1) is 12.7 Å². The first kappa shape index (κ1) is 21.4. The van der Waals surface area contributed by atoms with Crippen LogP contribution in [0.2, 0.25) is 0 Å². The molecule has 0 spiro atoms. The van der Waals surface area contributed by atoms with Crippen LogP contribution in [0.5, 0.6) is 0 Å². The van der Waals surface area contributed by atoms with Gasteiger partial charge in [0.05, 0.1) is 11.5 Å². The Morgan fingerprint density at radius 3 is 2.54 bits per heavy atom. The number of anilines is 1. The van der Waals surface area contributed by atoms with Crippen molar-refractivity contribution < 1.29 is 27.1 Å². The summed E-state index contributed by atoms with van der Waals surface area (Å²) in [6, 6.07) is 8.44. The molecule has 2 aromatic rings. The zero-order valence-electron chi connectivity index (χ0n) is 15.7. The van der Waals surface area contributed by atoms with Gasteiger partial charge in [-0.15, -0.1) is 0 Å². The number of nitrogens with one attached hydrogen (secondary N) is 2. The lowest BCUT2D eigenvalue weighted by molar-refractivity contribution is -0.144. The highest BCUT2D eigenvalue weighted by molar-refractivity contribution is 7.92. The molecule has 0 radical (unpaired) electrons. The van der Waals surface area contributed by atoms with Crippen molar-refractivity contribution in [3.8, 4) is 0 Å². The molecule has 2 rings (SSSR count). The van der Waals surface area contributed by atoms with Gasteiger partial charge in [-0.25, -0.2) is 17.6 Å². The van der Waals surface area contributed by atoms with Crippen LogP contribution in [0.15, 0.2) is 47.4 Å². The highest BCUT2D eigenvalue weighted by Crippen LogP contribution is 2.19. The van der Waals surface area contributed by atoms with E-state index in [1.165, 1.54) is 50.2 Å². The molecule has 1 amide bonds. The number of amides is 1. The van der Waals surface area contributed by atoms with Crippen molar-refractivity contribution in [3.05, 3.63) is 59.4 Å². The van der Waals surface area contributed by atoms with Gasteiger partial charge in [0.25, 0.3) is 15.9 Å². The maximum absolute atomic E-state index is 13.7. The molecule has 1 unspecified atom stereocenters. The summed E-state index contributed by atoms with van der Waals surface area (Å²) in [5, 5.41) is 2.48. The summed E-state index contributed by atoms with van der Waals surface area (Å²) in [6.45, 7) is 4.85. The molecule has 0 aromatic heterocycles. The molecule has 28 heavy (non-hydrogen) atoms. The summed E-state index contributed by atoms with van der Waals surface area (Å²) in [7, 11) is -4.03. The predicted molar refractivity (Wildman–Crippen MR) is 102 cm³/mol. The molecular weight excluding hydrogens is 387 g/mol. The highest BCUT2D eigenvalue weighted by Gasteiger charge is 2.19. The largest absolute Gasteiger partial charge is 0.464 e. The molecule has 0 bridgehead atoms. The van der Waals surface area contributed by atoms with Gasteiger partial charge >= 0.3 is 5.97 Å². The first-order valence-electron chi connectivity index (χ1n) is 8.50. The third kappa shape index (κ3) is 5.29. The molecule has 9 heteroatoms. The van der Waals surface area contributed by atoms with Crippen molar-refractivity contribution in [2.24, 2.45) is 0 Å². The van der Waals surface area contributed by atoms with Crippen LogP contribution in [0.1, 0.15) is 29.8 Å². The first-order chi connectivity index (χ1) is 13.1. The number of ether oxygens (including phenoxy) is 1. The van der Waals surface area contributed by atoms with E-state index >= 15 is 0 Å². The van der Waals surface area contributed by atoms with Crippen LogP contribution in [0.4, 0.5) is 10.1 Å². The number of aryl methyl sites for hydroxylation is 1. The number of halogens is 1. The van der Waals surface area contributed by atoms with Crippen molar-refractivity contribution in [2.45, 2.75) is 31.7 Å². The van der Waals surface area contributed by atoms with E-state index in [0.29, 0.717) is 5.56 Å². The van der Waals surface area contributed by atoms with Gasteiger partial charge in [0.15, 0.2) is 0 Å². The lowest BCUT2D eigenvalue weighted by atomic mass is 10.2. The van der Waals surface area contributed by atoms with Gasteiger partial charge in [-0.3, -0.25) is 9.52 Å². The molecule has 7 nitrogen and oxygen atoms in total. The van der Waals surface area contributed by atoms with Crippen LogP contribution in [0.3, 0.4) is 0 Å². The van der Waals surface area contributed by atoms with Crippen LogP contribution in [-0.4, -0.2) is 32.9 Å². The summed E-state index contributed by atoms with van der Waals surface area (Å²) in [5.41, 5.74) is 0.595. The third-order valence-corrected chi connectivity index (χ3v) is 5.20. The maximum Gasteiger partial charge on any atom is 0.328 e. The van der Waals surface area contributed by atoms with Crippen LogP contribution in [-0.2, 0) is 19.6 Å². The normalized spacial score (nSPS) is 12.1. The van der Waals surface area contributed by atoms with Crippen molar-refractivity contribution >= 4 is 27.6 Å². The van der Waals surface area contributed by atoms with E-state index in [2.05, 4.69) is 10.0 Å². The third-order valence-electron chi connectivity index (χ3n) is 3.82. The number of hydrogen-bond donors (Lipinski definition) is 2. The number of hydrogen-bond acceptors (Lipinski definition) is 5. The summed E-state index contributed by atoms with van der Waals surface area (Å²) in [4.78, 5) is 23.7. The van der Waals surface area contributed by atoms with Crippen molar-refractivity contribution in [3.63, 3.8) is 0 Å². The van der Waals surface area contributed by atoms with Crippen LogP contribution >= 0.6 is 0 Å². The van der Waals surface area contributed by atoms with Gasteiger partial charge in [-0.2, -0.15) is 0 Å². The van der Waals surface area contributed by atoms with E-state index < -0.39 is 33.8 Å². The quantitative estimate of drug-likeness (QED) is 0.686. The molecule has 0 saturated heterocycles. The number of sulfonamides is 1. The van der Waals surface area contributed by atoms with Crippen LogP contribution in [0.25, 0.3) is 0 Å². The molecule has 0 saturated carbocycles. The van der Waals surface area contributed by atoms with E-state index in [9.17, 15) is 22.4 Å². The Morgan fingerprint density at radius 1 is 1.18 bits per heavy atom. The van der Waals surface area contributed by atoms with Gasteiger partial charge in [-0.1, -0.05) is 12.1 Å². The van der Waals surface area contributed by atoms with Crippen molar-refractivity contribution in [2.75, 3.05) is 11.3 Å². The lowest BCUT2D eigenvalue weighted by Gasteiger charge is -2.13. The van der Waals surface area contributed by atoms with Gasteiger partial charge in [-0.05, 0) is 56.7 Å². The molecular formula is C19H21FN2O5S. The monoisotopic (exact) mass is 408 g/mol. The molecule has 2 aromatic carbocycles. The Balaban J connectivity index is 2.17. The predicted octanol–water partition coefficient (Wildman–Crippen LogP) is 2.62. The second kappa shape index (κ2) is 8.83. The zero-order valence-corrected chi connectivity index (χ0v) is 16.5. The fraction of sp³-hybridized carbons (Fsp3) is 0.263. The lowest BCUT2D eigenvalue weighted by Crippen LogP contribution is -2.39.